The molecule has 2 aromatic rings. The predicted molar refractivity (Wildman–Crippen MR) is 76.5 cm³/mol. The van der Waals surface area contributed by atoms with Crippen molar-refractivity contribution in [3.05, 3.63) is 12.7 Å². The molecule has 11 nitrogen and oxygen atoms in total. The molecule has 4 N–H and O–H groups in total. The number of anilines is 1. The lowest BCUT2D eigenvalue weighted by molar-refractivity contribution is -0.0483. The number of nitrogen functional groups attached to an aromatic ring is 1. The van der Waals surface area contributed by atoms with Gasteiger partial charge in [0.05, 0.1) is 19.2 Å². The van der Waals surface area contributed by atoms with Crippen LogP contribution in [0.1, 0.15) is 6.23 Å². The molecule has 2 aromatic heterocycles. The molecule has 0 aromatic carbocycles. The van der Waals surface area contributed by atoms with E-state index in [4.69, 9.17) is 14.7 Å². The molecule has 3 heterocycles. The first-order valence-electron chi connectivity index (χ1n) is 6.57. The van der Waals surface area contributed by atoms with E-state index in [1.807, 2.05) is 0 Å². The van der Waals surface area contributed by atoms with Gasteiger partial charge in [-0.2, -0.15) is 8.42 Å². The van der Waals surface area contributed by atoms with Gasteiger partial charge in [-0.05, 0) is 0 Å². The van der Waals surface area contributed by atoms with Crippen LogP contribution in [0, 0.1) is 0 Å². The van der Waals surface area contributed by atoms with Crippen LogP contribution in [0.15, 0.2) is 12.7 Å². The molecule has 23 heavy (non-hydrogen) atoms. The fourth-order valence-electron chi connectivity index (χ4n) is 2.45. The van der Waals surface area contributed by atoms with E-state index in [9.17, 15) is 18.6 Å². The normalized spacial score (nSPS) is 28.5. The van der Waals surface area contributed by atoms with Crippen LogP contribution < -0.4 is 5.73 Å². The van der Waals surface area contributed by atoms with Crippen molar-refractivity contribution in [1.82, 2.24) is 19.5 Å². The van der Waals surface area contributed by atoms with E-state index in [0.29, 0.717) is 5.52 Å². The second-order valence-electron chi connectivity index (χ2n) is 5.09. The van der Waals surface area contributed by atoms with Crippen LogP contribution in [-0.2, 0) is 19.0 Å². The predicted octanol–water partition coefficient (Wildman–Crippen LogP) is -2.00. The Bertz CT molecular complexity index is 823. The molecule has 1 fully saturated rings. The first kappa shape index (κ1) is 16.0. The molecular formula is C11H15N5O6S. The Morgan fingerprint density at radius 2 is 2.17 bits per heavy atom. The van der Waals surface area contributed by atoms with Crippen LogP contribution in [0.5, 0.6) is 0 Å². The second-order valence-corrected chi connectivity index (χ2v) is 6.69. The number of nitrogens with two attached hydrogens (primary N) is 1. The van der Waals surface area contributed by atoms with Crippen molar-refractivity contribution in [3.63, 3.8) is 0 Å². The highest BCUT2D eigenvalue weighted by Gasteiger charge is 2.47. The zero-order valence-electron chi connectivity index (χ0n) is 12.0. The molecule has 126 valence electrons. The highest BCUT2D eigenvalue weighted by atomic mass is 32.2. The Balaban J connectivity index is 2.05. The number of aliphatic hydroxyl groups is 2. The third kappa shape index (κ3) is 2.86. The minimum atomic E-state index is -3.87. The van der Waals surface area contributed by atoms with Crippen molar-refractivity contribution in [1.29, 1.82) is 0 Å². The summed E-state index contributed by atoms with van der Waals surface area (Å²) in [5.41, 5.74) is 6.29. The number of imidazole rings is 1. The van der Waals surface area contributed by atoms with Gasteiger partial charge >= 0.3 is 0 Å². The van der Waals surface area contributed by atoms with Crippen molar-refractivity contribution in [3.8, 4) is 0 Å². The summed E-state index contributed by atoms with van der Waals surface area (Å²) in [5.74, 6) is 0.145. The van der Waals surface area contributed by atoms with E-state index in [2.05, 4.69) is 15.0 Å². The summed E-state index contributed by atoms with van der Waals surface area (Å²) in [6.45, 7) is -0.509. The Labute approximate surface area is 130 Å². The minimum absolute atomic E-state index is 0.145. The molecule has 0 aliphatic carbocycles. The first-order valence-corrected chi connectivity index (χ1v) is 8.39. The van der Waals surface area contributed by atoms with Gasteiger partial charge in [-0.15, -0.1) is 0 Å². The Morgan fingerprint density at radius 1 is 1.43 bits per heavy atom. The van der Waals surface area contributed by atoms with Crippen molar-refractivity contribution in [2.24, 2.45) is 0 Å². The smallest absolute Gasteiger partial charge is 0.264 e. The maximum absolute atomic E-state index is 11.4. The maximum atomic E-state index is 11.4. The third-order valence-corrected chi connectivity index (χ3v) is 4.01. The molecule has 1 aliphatic heterocycles. The molecule has 0 spiro atoms. The van der Waals surface area contributed by atoms with Gasteiger partial charge in [0.15, 0.2) is 23.8 Å². The largest absolute Gasteiger partial charge is 0.394 e. The maximum Gasteiger partial charge on any atom is 0.264 e. The fourth-order valence-corrected chi connectivity index (χ4v) is 3.07. The van der Waals surface area contributed by atoms with E-state index in [1.165, 1.54) is 17.2 Å². The summed E-state index contributed by atoms with van der Waals surface area (Å²) in [5, 5.41) is 19.4. The molecule has 3 rings (SSSR count). The van der Waals surface area contributed by atoms with Crippen LogP contribution in [0.3, 0.4) is 0 Å². The van der Waals surface area contributed by atoms with Crippen molar-refractivity contribution in [2.45, 2.75) is 24.5 Å². The van der Waals surface area contributed by atoms with E-state index >= 15 is 0 Å². The van der Waals surface area contributed by atoms with Gasteiger partial charge in [0, 0.05) is 0 Å². The van der Waals surface area contributed by atoms with Crippen molar-refractivity contribution < 1.29 is 27.6 Å². The van der Waals surface area contributed by atoms with Crippen LogP contribution in [0.2, 0.25) is 0 Å². The first-order chi connectivity index (χ1) is 10.8. The SMILES string of the molecule is CS(=O)(=O)O[C@@H]1[C@H](O)[C@@H](CO)O[C@H]1n1cnc2c(N)ncnc21. The lowest BCUT2D eigenvalue weighted by Crippen LogP contribution is -2.36. The number of hydrogen-bond donors (Lipinski definition) is 3. The number of ether oxygens (including phenoxy) is 1. The monoisotopic (exact) mass is 345 g/mol. The van der Waals surface area contributed by atoms with Gasteiger partial charge in [-0.3, -0.25) is 8.75 Å². The number of hydrogen-bond acceptors (Lipinski definition) is 10. The Kier molecular flexibility index (Phi) is 3.93. The van der Waals surface area contributed by atoms with Gasteiger partial charge in [0.1, 0.15) is 24.1 Å². The number of aromatic nitrogens is 4. The third-order valence-electron chi connectivity index (χ3n) is 3.44. The molecule has 4 atom stereocenters. The summed E-state index contributed by atoms with van der Waals surface area (Å²) >= 11 is 0. The average molecular weight is 345 g/mol. The summed E-state index contributed by atoms with van der Waals surface area (Å²) in [6, 6.07) is 0. The van der Waals surface area contributed by atoms with Gasteiger partial charge in [-0.25, -0.2) is 15.0 Å². The van der Waals surface area contributed by atoms with E-state index in [0.717, 1.165) is 6.26 Å². The lowest BCUT2D eigenvalue weighted by Gasteiger charge is -2.20. The number of aliphatic hydroxyl groups excluding tert-OH is 2. The molecule has 0 radical (unpaired) electrons. The highest BCUT2D eigenvalue weighted by molar-refractivity contribution is 7.86. The van der Waals surface area contributed by atoms with E-state index in [1.54, 1.807) is 0 Å². The summed E-state index contributed by atoms with van der Waals surface area (Å²) < 4.78 is 34.7. The number of nitrogens with zero attached hydrogens (tertiary/aromatic N) is 4. The zero-order chi connectivity index (χ0) is 16.8. The molecule has 0 saturated carbocycles. The summed E-state index contributed by atoms with van der Waals surface area (Å²) in [4.78, 5) is 11.9. The van der Waals surface area contributed by atoms with E-state index in [-0.39, 0.29) is 11.5 Å². The van der Waals surface area contributed by atoms with Crippen molar-refractivity contribution in [2.75, 3.05) is 18.6 Å². The van der Waals surface area contributed by atoms with Crippen LogP contribution >= 0.6 is 0 Å². The molecular weight excluding hydrogens is 330 g/mol. The zero-order valence-corrected chi connectivity index (χ0v) is 12.8. The highest BCUT2D eigenvalue weighted by Crippen LogP contribution is 2.34. The van der Waals surface area contributed by atoms with Crippen LogP contribution in [0.4, 0.5) is 5.82 Å². The lowest BCUT2D eigenvalue weighted by atomic mass is 10.1. The van der Waals surface area contributed by atoms with Crippen LogP contribution in [-0.4, -0.2) is 69.3 Å². The van der Waals surface area contributed by atoms with Gasteiger partial charge in [0.25, 0.3) is 10.1 Å². The number of rotatable bonds is 4. The molecule has 12 heteroatoms. The topological polar surface area (TPSA) is 163 Å². The number of fused-ring (bicyclic) bond motifs is 1. The van der Waals surface area contributed by atoms with E-state index < -0.39 is 41.3 Å². The second kappa shape index (κ2) is 5.65. The van der Waals surface area contributed by atoms with Gasteiger partial charge in [0.2, 0.25) is 0 Å². The molecule has 1 saturated heterocycles. The molecule has 0 bridgehead atoms. The van der Waals surface area contributed by atoms with Gasteiger partial charge in [-0.1, -0.05) is 0 Å². The van der Waals surface area contributed by atoms with Crippen LogP contribution in [0.25, 0.3) is 11.2 Å². The fraction of sp³-hybridized carbons (Fsp3) is 0.545. The quantitative estimate of drug-likeness (QED) is 0.528. The molecule has 1 aliphatic rings. The summed E-state index contributed by atoms with van der Waals surface area (Å²) in [7, 11) is -3.87. The Morgan fingerprint density at radius 3 is 2.83 bits per heavy atom. The standard InChI is InChI=1S/C11H15N5O6S/c1-23(19,20)22-8-7(18)5(2-17)21-11(8)16-4-15-6-9(12)13-3-14-10(6)16/h3-5,7-8,11,17-18H,2H2,1H3,(H2,12,13,14)/t5-,7-,8-,11-/m1/s1. The summed E-state index contributed by atoms with van der Waals surface area (Å²) in [6.07, 6.45) is -1.29. The molecule has 0 unspecified atom stereocenters. The minimum Gasteiger partial charge on any atom is -0.394 e. The Hall–Kier alpha value is -1.86. The molecule has 0 amide bonds. The van der Waals surface area contributed by atoms with Gasteiger partial charge < -0.3 is 20.7 Å². The average Bonchev–Trinajstić information content (AvgIpc) is 3.01. The van der Waals surface area contributed by atoms with Crippen molar-refractivity contribution >= 4 is 27.1 Å².